The number of ether oxygens (including phenoxy) is 1. The molecule has 1 amide bonds. The van der Waals surface area contributed by atoms with Crippen molar-refractivity contribution in [3.8, 4) is 5.75 Å². The molecular formula is C18H30IN5O2. The highest BCUT2D eigenvalue weighted by atomic mass is 127. The molecule has 0 aliphatic carbocycles. The van der Waals surface area contributed by atoms with Gasteiger partial charge in [0, 0.05) is 39.8 Å². The second-order valence-electron chi connectivity index (χ2n) is 5.90. The molecule has 1 aromatic rings. The normalized spacial score (nSPS) is 14.5. The quantitative estimate of drug-likeness (QED) is 0.371. The number of amides is 1. The van der Waals surface area contributed by atoms with Crippen molar-refractivity contribution in [2.24, 2.45) is 4.99 Å². The number of hydrogen-bond donors (Lipinski definition) is 2. The van der Waals surface area contributed by atoms with Gasteiger partial charge in [0.15, 0.2) is 5.96 Å². The van der Waals surface area contributed by atoms with Crippen molar-refractivity contribution in [3.63, 3.8) is 0 Å². The third-order valence-corrected chi connectivity index (χ3v) is 4.20. The Kier molecular flexibility index (Phi) is 10.2. The van der Waals surface area contributed by atoms with Crippen LogP contribution in [-0.2, 0) is 4.79 Å². The number of nitrogens with one attached hydrogen (secondary N) is 2. The first-order chi connectivity index (χ1) is 12.2. The fraction of sp³-hybridized carbons (Fsp3) is 0.556. The fourth-order valence-electron chi connectivity index (χ4n) is 2.87. The van der Waals surface area contributed by atoms with Gasteiger partial charge in [-0.1, -0.05) is 19.1 Å². The highest BCUT2D eigenvalue weighted by molar-refractivity contribution is 14.0. The number of benzene rings is 1. The van der Waals surface area contributed by atoms with Crippen molar-refractivity contribution in [1.29, 1.82) is 0 Å². The molecule has 8 heteroatoms. The maximum atomic E-state index is 11.7. The first kappa shape index (κ1) is 22.3. The topological polar surface area (TPSA) is 69.2 Å². The number of hydrogen-bond acceptors (Lipinski definition) is 4. The summed E-state index contributed by atoms with van der Waals surface area (Å²) >= 11 is 0. The van der Waals surface area contributed by atoms with Crippen LogP contribution in [0.25, 0.3) is 0 Å². The zero-order chi connectivity index (χ0) is 18.1. The molecule has 0 atom stereocenters. The molecule has 26 heavy (non-hydrogen) atoms. The lowest BCUT2D eigenvalue weighted by molar-refractivity contribution is -0.120. The molecule has 0 radical (unpaired) electrons. The van der Waals surface area contributed by atoms with E-state index in [1.807, 2.05) is 25.1 Å². The lowest BCUT2D eigenvalue weighted by atomic mass is 10.2. The van der Waals surface area contributed by atoms with E-state index in [1.165, 1.54) is 0 Å². The molecule has 0 aromatic heterocycles. The Morgan fingerprint density at radius 3 is 2.50 bits per heavy atom. The Bertz CT molecular complexity index is 589. The van der Waals surface area contributed by atoms with E-state index in [-0.39, 0.29) is 36.4 Å². The second kappa shape index (κ2) is 11.8. The predicted octanol–water partition coefficient (Wildman–Crippen LogP) is 1.54. The van der Waals surface area contributed by atoms with Crippen LogP contribution in [0, 0.1) is 0 Å². The number of guanidine groups is 1. The lowest BCUT2D eigenvalue weighted by Crippen LogP contribution is -2.53. The maximum Gasteiger partial charge on any atom is 0.239 e. The minimum Gasteiger partial charge on any atom is -0.495 e. The smallest absolute Gasteiger partial charge is 0.239 e. The first-order valence-electron chi connectivity index (χ1n) is 8.79. The highest BCUT2D eigenvalue weighted by Gasteiger charge is 2.21. The molecule has 0 unspecified atom stereocenters. The lowest BCUT2D eigenvalue weighted by Gasteiger charge is -2.38. The summed E-state index contributed by atoms with van der Waals surface area (Å²) in [6.45, 7) is 6.43. The van der Waals surface area contributed by atoms with Crippen molar-refractivity contribution in [2.45, 2.75) is 13.3 Å². The predicted molar refractivity (Wildman–Crippen MR) is 117 cm³/mol. The molecule has 2 rings (SSSR count). The summed E-state index contributed by atoms with van der Waals surface area (Å²) in [6, 6.07) is 8.07. The van der Waals surface area contributed by atoms with Crippen LogP contribution < -0.4 is 20.3 Å². The Balaban J connectivity index is 0.00000338. The van der Waals surface area contributed by atoms with Crippen LogP contribution in [0.4, 0.5) is 5.69 Å². The number of para-hydroxylation sites is 2. The number of rotatable bonds is 6. The molecule has 1 aliphatic rings. The van der Waals surface area contributed by atoms with Gasteiger partial charge in [0.25, 0.3) is 0 Å². The summed E-state index contributed by atoms with van der Waals surface area (Å²) in [5.74, 6) is 1.66. The van der Waals surface area contributed by atoms with E-state index in [9.17, 15) is 4.79 Å². The van der Waals surface area contributed by atoms with Gasteiger partial charge in [0.2, 0.25) is 5.91 Å². The Hall–Kier alpha value is -1.71. The number of methoxy groups -OCH3 is 1. The molecule has 0 saturated carbocycles. The van der Waals surface area contributed by atoms with Crippen LogP contribution in [0.2, 0.25) is 0 Å². The van der Waals surface area contributed by atoms with Crippen molar-refractivity contribution >= 4 is 41.5 Å². The number of piperazine rings is 1. The summed E-state index contributed by atoms with van der Waals surface area (Å²) in [4.78, 5) is 20.5. The van der Waals surface area contributed by atoms with E-state index >= 15 is 0 Å². The Morgan fingerprint density at radius 1 is 1.19 bits per heavy atom. The van der Waals surface area contributed by atoms with Gasteiger partial charge in [0.1, 0.15) is 5.75 Å². The van der Waals surface area contributed by atoms with Crippen molar-refractivity contribution in [1.82, 2.24) is 15.5 Å². The summed E-state index contributed by atoms with van der Waals surface area (Å²) in [5, 5.41) is 6.00. The summed E-state index contributed by atoms with van der Waals surface area (Å²) in [7, 11) is 3.45. The minimum atomic E-state index is -0.00402. The third kappa shape index (κ3) is 6.22. The van der Waals surface area contributed by atoms with Crippen molar-refractivity contribution < 1.29 is 9.53 Å². The van der Waals surface area contributed by atoms with Crippen LogP contribution in [0.3, 0.4) is 0 Å². The summed E-state index contributed by atoms with van der Waals surface area (Å²) < 4.78 is 5.46. The monoisotopic (exact) mass is 475 g/mol. The largest absolute Gasteiger partial charge is 0.495 e. The standard InChI is InChI=1S/C18H29N5O2.HI/c1-4-9-20-17(24)14-21-18(19-2)23-12-10-22(11-13-23)15-7-5-6-8-16(15)25-3;/h5-8H,4,9-14H2,1-3H3,(H,19,21)(H,20,24);1H. The molecule has 1 aromatic carbocycles. The summed E-state index contributed by atoms with van der Waals surface area (Å²) in [6.07, 6.45) is 0.936. The molecule has 7 nitrogen and oxygen atoms in total. The first-order valence-corrected chi connectivity index (χ1v) is 8.79. The van der Waals surface area contributed by atoms with Crippen LogP contribution >= 0.6 is 24.0 Å². The molecule has 1 heterocycles. The van der Waals surface area contributed by atoms with E-state index < -0.39 is 0 Å². The summed E-state index contributed by atoms with van der Waals surface area (Å²) in [5.41, 5.74) is 1.12. The number of carbonyl (C=O) groups is 1. The molecule has 0 bridgehead atoms. The van der Waals surface area contributed by atoms with E-state index in [2.05, 4.69) is 31.5 Å². The fourth-order valence-corrected chi connectivity index (χ4v) is 2.87. The average Bonchev–Trinajstić information content (AvgIpc) is 2.67. The minimum absolute atomic E-state index is 0. The number of nitrogens with zero attached hydrogens (tertiary/aromatic N) is 3. The number of aliphatic imine (C=N–C) groups is 1. The average molecular weight is 475 g/mol. The molecule has 0 spiro atoms. The van der Waals surface area contributed by atoms with Crippen LogP contribution in [0.5, 0.6) is 5.75 Å². The molecule has 1 saturated heterocycles. The Morgan fingerprint density at radius 2 is 1.88 bits per heavy atom. The van der Waals surface area contributed by atoms with Gasteiger partial charge in [-0.2, -0.15) is 0 Å². The zero-order valence-corrected chi connectivity index (χ0v) is 18.2. The maximum absolute atomic E-state index is 11.7. The van der Waals surface area contributed by atoms with Crippen molar-refractivity contribution in [3.05, 3.63) is 24.3 Å². The van der Waals surface area contributed by atoms with Gasteiger partial charge in [-0.05, 0) is 18.6 Å². The van der Waals surface area contributed by atoms with Gasteiger partial charge in [-0.3, -0.25) is 9.79 Å². The molecule has 146 valence electrons. The van der Waals surface area contributed by atoms with Crippen LogP contribution in [0.15, 0.2) is 29.3 Å². The van der Waals surface area contributed by atoms with Gasteiger partial charge >= 0.3 is 0 Å². The van der Waals surface area contributed by atoms with Gasteiger partial charge in [-0.25, -0.2) is 0 Å². The van der Waals surface area contributed by atoms with Gasteiger partial charge in [-0.15, -0.1) is 24.0 Å². The Labute approximate surface area is 173 Å². The van der Waals surface area contributed by atoms with E-state index in [1.54, 1.807) is 14.2 Å². The van der Waals surface area contributed by atoms with E-state index in [0.717, 1.165) is 50.0 Å². The molecular weight excluding hydrogens is 445 g/mol. The van der Waals surface area contributed by atoms with Crippen LogP contribution in [-0.4, -0.2) is 70.2 Å². The highest BCUT2D eigenvalue weighted by Crippen LogP contribution is 2.28. The van der Waals surface area contributed by atoms with E-state index in [0.29, 0.717) is 6.54 Å². The molecule has 1 fully saturated rings. The second-order valence-corrected chi connectivity index (χ2v) is 5.90. The zero-order valence-electron chi connectivity index (χ0n) is 15.8. The molecule has 2 N–H and O–H groups in total. The van der Waals surface area contributed by atoms with Gasteiger partial charge < -0.3 is 25.2 Å². The number of halogens is 1. The SMILES string of the molecule is CCCNC(=O)CNC(=NC)N1CCN(c2ccccc2OC)CC1.I. The number of anilines is 1. The molecule has 1 aliphatic heterocycles. The van der Waals surface area contributed by atoms with E-state index in [4.69, 9.17) is 4.74 Å². The van der Waals surface area contributed by atoms with Crippen LogP contribution in [0.1, 0.15) is 13.3 Å². The number of carbonyl (C=O) groups excluding carboxylic acids is 1. The van der Waals surface area contributed by atoms with Gasteiger partial charge in [0.05, 0.1) is 19.3 Å². The van der Waals surface area contributed by atoms with Crippen molar-refractivity contribution in [2.75, 3.05) is 58.3 Å². The third-order valence-electron chi connectivity index (χ3n) is 4.20.